The van der Waals surface area contributed by atoms with E-state index in [0.29, 0.717) is 26.1 Å². The van der Waals surface area contributed by atoms with Gasteiger partial charge < -0.3 is 10.4 Å². The maximum absolute atomic E-state index is 12.8. The second-order valence-corrected chi connectivity index (χ2v) is 5.73. The Hall–Kier alpha value is -1.95. The molecule has 1 aliphatic heterocycles. The summed E-state index contributed by atoms with van der Waals surface area (Å²) in [6.45, 7) is 3.21. The number of hydrogen-bond donors (Lipinski definition) is 2. The van der Waals surface area contributed by atoms with Gasteiger partial charge >= 0.3 is 5.97 Å². The minimum absolute atomic E-state index is 0.158. The summed E-state index contributed by atoms with van der Waals surface area (Å²) in [5.41, 5.74) is 0.0542. The van der Waals surface area contributed by atoms with Gasteiger partial charge in [0.25, 0.3) is 0 Å². The van der Waals surface area contributed by atoms with Crippen LogP contribution in [0.2, 0.25) is 0 Å². The Morgan fingerprint density at radius 1 is 1.38 bits per heavy atom. The first-order chi connectivity index (χ1) is 9.89. The summed E-state index contributed by atoms with van der Waals surface area (Å²) < 4.78 is 12.8. The molecule has 1 aromatic carbocycles. The summed E-state index contributed by atoms with van der Waals surface area (Å²) in [5, 5.41) is 11.9. The second kappa shape index (κ2) is 6.22. The highest BCUT2D eigenvalue weighted by atomic mass is 19.1. The fourth-order valence-corrected chi connectivity index (χ4v) is 2.43. The fraction of sp³-hybridized carbons (Fsp3) is 0.467. The molecule has 1 amide bonds. The number of nitrogens with one attached hydrogen (secondary N) is 1. The van der Waals surface area contributed by atoms with Crippen LogP contribution in [0.15, 0.2) is 24.3 Å². The Kier molecular flexibility index (Phi) is 4.57. The molecule has 1 atom stereocenters. The number of rotatable bonds is 5. The minimum atomic E-state index is -0.822. The number of benzene rings is 1. The number of carbonyl (C=O) groups is 2. The van der Waals surface area contributed by atoms with E-state index in [4.69, 9.17) is 5.11 Å². The molecule has 1 saturated heterocycles. The zero-order valence-electron chi connectivity index (χ0n) is 11.9. The van der Waals surface area contributed by atoms with E-state index in [1.165, 1.54) is 12.1 Å². The van der Waals surface area contributed by atoms with Crippen LogP contribution in [0.4, 0.5) is 4.39 Å². The highest BCUT2D eigenvalue weighted by Gasteiger charge is 2.40. The average molecular weight is 294 g/mol. The van der Waals surface area contributed by atoms with E-state index < -0.39 is 11.4 Å². The number of amides is 1. The van der Waals surface area contributed by atoms with E-state index in [-0.39, 0.29) is 18.3 Å². The average Bonchev–Trinajstić information content (AvgIpc) is 2.81. The lowest BCUT2D eigenvalue weighted by Crippen LogP contribution is -2.38. The number of aliphatic carboxylic acids is 1. The van der Waals surface area contributed by atoms with Crippen molar-refractivity contribution in [3.63, 3.8) is 0 Å². The molecule has 114 valence electrons. The molecular weight excluding hydrogens is 275 g/mol. The normalized spacial score (nSPS) is 22.2. The molecule has 2 rings (SSSR count). The zero-order chi connectivity index (χ0) is 15.5. The Morgan fingerprint density at radius 2 is 2.05 bits per heavy atom. The van der Waals surface area contributed by atoms with Crippen LogP contribution >= 0.6 is 0 Å². The first kappa shape index (κ1) is 15.4. The fourth-order valence-electron chi connectivity index (χ4n) is 2.43. The molecule has 1 heterocycles. The predicted molar refractivity (Wildman–Crippen MR) is 75.0 cm³/mol. The topological polar surface area (TPSA) is 69.6 Å². The van der Waals surface area contributed by atoms with E-state index in [1.54, 1.807) is 19.1 Å². The molecular formula is C15H19FN2O3. The highest BCUT2D eigenvalue weighted by molar-refractivity contribution is 5.79. The molecule has 0 aromatic heterocycles. The van der Waals surface area contributed by atoms with Gasteiger partial charge in [-0.2, -0.15) is 0 Å². The quantitative estimate of drug-likeness (QED) is 0.857. The van der Waals surface area contributed by atoms with Crippen LogP contribution in [-0.4, -0.2) is 41.5 Å². The molecule has 0 spiro atoms. The molecule has 5 nitrogen and oxygen atoms in total. The molecule has 0 bridgehead atoms. The van der Waals surface area contributed by atoms with E-state index in [9.17, 15) is 14.0 Å². The van der Waals surface area contributed by atoms with Crippen molar-refractivity contribution in [3.05, 3.63) is 35.6 Å². The van der Waals surface area contributed by atoms with E-state index in [1.807, 2.05) is 4.90 Å². The molecule has 21 heavy (non-hydrogen) atoms. The van der Waals surface area contributed by atoms with Crippen LogP contribution in [0.3, 0.4) is 0 Å². The van der Waals surface area contributed by atoms with Crippen LogP contribution in [0.1, 0.15) is 18.9 Å². The van der Waals surface area contributed by atoms with Crippen molar-refractivity contribution in [2.24, 2.45) is 5.41 Å². The minimum Gasteiger partial charge on any atom is -0.481 e. The molecule has 1 aromatic rings. The molecule has 2 N–H and O–H groups in total. The zero-order valence-corrected chi connectivity index (χ0v) is 11.9. The second-order valence-electron chi connectivity index (χ2n) is 5.73. The van der Waals surface area contributed by atoms with Gasteiger partial charge in [-0.15, -0.1) is 0 Å². The first-order valence-electron chi connectivity index (χ1n) is 6.86. The van der Waals surface area contributed by atoms with Gasteiger partial charge in [-0.05, 0) is 37.6 Å². The van der Waals surface area contributed by atoms with Gasteiger partial charge in [-0.3, -0.25) is 14.5 Å². The molecule has 1 fully saturated rings. The van der Waals surface area contributed by atoms with Crippen LogP contribution in [-0.2, 0) is 16.1 Å². The summed E-state index contributed by atoms with van der Waals surface area (Å²) in [4.78, 5) is 24.8. The van der Waals surface area contributed by atoms with E-state index >= 15 is 0 Å². The number of carboxylic acids is 1. The van der Waals surface area contributed by atoms with Gasteiger partial charge in [0, 0.05) is 13.1 Å². The van der Waals surface area contributed by atoms with Crippen molar-refractivity contribution in [2.45, 2.75) is 19.9 Å². The van der Waals surface area contributed by atoms with Crippen LogP contribution in [0, 0.1) is 11.2 Å². The predicted octanol–water partition coefficient (Wildman–Crippen LogP) is 1.24. The molecule has 0 aliphatic carbocycles. The lowest BCUT2D eigenvalue weighted by Gasteiger charge is -2.19. The van der Waals surface area contributed by atoms with Crippen molar-refractivity contribution in [1.29, 1.82) is 0 Å². The van der Waals surface area contributed by atoms with Crippen LogP contribution in [0.5, 0.6) is 0 Å². The van der Waals surface area contributed by atoms with E-state index in [0.717, 1.165) is 5.56 Å². The number of carboxylic acid groups (broad SMARTS) is 1. The number of halogens is 1. The monoisotopic (exact) mass is 294 g/mol. The van der Waals surface area contributed by atoms with Crippen LogP contribution in [0.25, 0.3) is 0 Å². The number of carbonyl (C=O) groups excluding carboxylic acids is 1. The van der Waals surface area contributed by atoms with Crippen molar-refractivity contribution in [3.8, 4) is 0 Å². The van der Waals surface area contributed by atoms with Crippen molar-refractivity contribution in [2.75, 3.05) is 19.6 Å². The Bertz CT molecular complexity index is 532. The van der Waals surface area contributed by atoms with Gasteiger partial charge in [0.2, 0.25) is 5.91 Å². The summed E-state index contributed by atoms with van der Waals surface area (Å²) in [7, 11) is 0. The molecule has 0 saturated carbocycles. The van der Waals surface area contributed by atoms with Gasteiger partial charge in [-0.1, -0.05) is 12.1 Å². The maximum atomic E-state index is 12.8. The molecule has 1 aliphatic rings. The smallest absolute Gasteiger partial charge is 0.310 e. The third kappa shape index (κ3) is 4.01. The van der Waals surface area contributed by atoms with Crippen molar-refractivity contribution in [1.82, 2.24) is 10.2 Å². The SMILES string of the molecule is CC1(C(=O)O)CCN(CC(=O)NCc2ccc(F)cc2)C1. The maximum Gasteiger partial charge on any atom is 0.310 e. The van der Waals surface area contributed by atoms with Gasteiger partial charge in [0.05, 0.1) is 12.0 Å². The Balaban J connectivity index is 1.78. The summed E-state index contributed by atoms with van der Waals surface area (Å²) in [6.07, 6.45) is 0.549. The number of nitrogens with zero attached hydrogens (tertiary/aromatic N) is 1. The third-order valence-corrected chi connectivity index (χ3v) is 3.84. The van der Waals surface area contributed by atoms with Gasteiger partial charge in [0.15, 0.2) is 0 Å². The van der Waals surface area contributed by atoms with Crippen molar-refractivity contribution >= 4 is 11.9 Å². The van der Waals surface area contributed by atoms with Crippen molar-refractivity contribution < 1.29 is 19.1 Å². The van der Waals surface area contributed by atoms with E-state index in [2.05, 4.69) is 5.32 Å². The molecule has 0 radical (unpaired) electrons. The van der Waals surface area contributed by atoms with Crippen LogP contribution < -0.4 is 5.32 Å². The lowest BCUT2D eigenvalue weighted by molar-refractivity contribution is -0.147. The Morgan fingerprint density at radius 3 is 2.62 bits per heavy atom. The summed E-state index contributed by atoms with van der Waals surface area (Å²) >= 11 is 0. The van der Waals surface area contributed by atoms with Gasteiger partial charge in [0.1, 0.15) is 5.82 Å². The number of likely N-dealkylation sites (tertiary alicyclic amines) is 1. The summed E-state index contributed by atoms with van der Waals surface area (Å²) in [5.74, 6) is -1.29. The molecule has 6 heteroatoms. The highest BCUT2D eigenvalue weighted by Crippen LogP contribution is 2.29. The summed E-state index contributed by atoms with van der Waals surface area (Å²) in [6, 6.07) is 5.93. The molecule has 1 unspecified atom stereocenters. The third-order valence-electron chi connectivity index (χ3n) is 3.84. The number of hydrogen-bond acceptors (Lipinski definition) is 3. The largest absolute Gasteiger partial charge is 0.481 e. The lowest BCUT2D eigenvalue weighted by atomic mass is 9.90. The first-order valence-corrected chi connectivity index (χ1v) is 6.86. The Labute approximate surface area is 122 Å². The van der Waals surface area contributed by atoms with Gasteiger partial charge in [-0.25, -0.2) is 4.39 Å². The standard InChI is InChI=1S/C15H19FN2O3/c1-15(14(20)21)6-7-18(10-15)9-13(19)17-8-11-2-4-12(16)5-3-11/h2-5H,6-10H2,1H3,(H,17,19)(H,20,21).